The molecule has 1 N–H and O–H groups in total. The van der Waals surface area contributed by atoms with Gasteiger partial charge in [-0.2, -0.15) is 5.26 Å². The lowest BCUT2D eigenvalue weighted by molar-refractivity contribution is -0.384. The summed E-state index contributed by atoms with van der Waals surface area (Å²) in [5.41, 5.74) is 0.570. The molecule has 1 aromatic carbocycles. The van der Waals surface area contributed by atoms with Crippen LogP contribution in [0.15, 0.2) is 36.0 Å². The minimum Gasteiger partial charge on any atom is -0.360 e. The molecule has 0 aliphatic heterocycles. The lowest BCUT2D eigenvalue weighted by Gasteiger charge is -2.31. The molecule has 0 spiro atoms. The second kappa shape index (κ2) is 8.11. The van der Waals surface area contributed by atoms with E-state index in [1.54, 1.807) is 11.9 Å². The highest BCUT2D eigenvalue weighted by molar-refractivity contribution is 5.97. The Balaban J connectivity index is 2.03. The Labute approximate surface area is 140 Å². The van der Waals surface area contributed by atoms with E-state index in [0.717, 1.165) is 25.7 Å². The maximum Gasteiger partial charge on any atom is 0.269 e. The van der Waals surface area contributed by atoms with Gasteiger partial charge in [0.2, 0.25) is 0 Å². The van der Waals surface area contributed by atoms with Crippen LogP contribution in [0.5, 0.6) is 0 Å². The Morgan fingerprint density at radius 2 is 1.96 bits per heavy atom. The molecule has 1 amide bonds. The molecular weight excluding hydrogens is 308 g/mol. The molecule has 24 heavy (non-hydrogen) atoms. The number of likely N-dealkylation sites (N-methyl/N-ethyl adjacent to an activating group) is 1. The Bertz CT molecular complexity index is 670. The molecule has 126 valence electrons. The second-order valence-electron chi connectivity index (χ2n) is 5.83. The van der Waals surface area contributed by atoms with Crippen LogP contribution in [-0.4, -0.2) is 28.8 Å². The number of nitrogens with zero attached hydrogens (tertiary/aromatic N) is 3. The van der Waals surface area contributed by atoms with Gasteiger partial charge in [0.15, 0.2) is 0 Å². The van der Waals surface area contributed by atoms with Gasteiger partial charge in [-0.05, 0) is 25.0 Å². The molecule has 1 saturated carbocycles. The second-order valence-corrected chi connectivity index (χ2v) is 5.83. The van der Waals surface area contributed by atoms with Gasteiger partial charge in [-0.25, -0.2) is 0 Å². The zero-order valence-corrected chi connectivity index (χ0v) is 13.6. The van der Waals surface area contributed by atoms with E-state index < -0.39 is 4.92 Å². The fourth-order valence-corrected chi connectivity index (χ4v) is 2.80. The topological polar surface area (TPSA) is 99.3 Å². The Hall–Kier alpha value is -2.88. The number of carbonyl (C=O) groups excluding carboxylic acids is 1. The highest BCUT2D eigenvalue weighted by Crippen LogP contribution is 2.22. The number of amides is 1. The summed E-state index contributed by atoms with van der Waals surface area (Å²) in [5.74, 6) is -0.307. The molecule has 2 rings (SSSR count). The van der Waals surface area contributed by atoms with E-state index >= 15 is 0 Å². The molecule has 1 aliphatic carbocycles. The zero-order chi connectivity index (χ0) is 17.5. The molecule has 0 heterocycles. The number of carbonyl (C=O) groups is 1. The number of nitrogens with one attached hydrogen (secondary N) is 1. The molecule has 0 atom stereocenters. The van der Waals surface area contributed by atoms with Gasteiger partial charge < -0.3 is 10.2 Å². The Morgan fingerprint density at radius 3 is 2.50 bits per heavy atom. The molecule has 0 radical (unpaired) electrons. The first kappa shape index (κ1) is 17.5. The molecule has 7 heteroatoms. The van der Waals surface area contributed by atoms with Gasteiger partial charge in [-0.1, -0.05) is 19.3 Å². The van der Waals surface area contributed by atoms with Crippen molar-refractivity contribution in [2.24, 2.45) is 0 Å². The summed E-state index contributed by atoms with van der Waals surface area (Å²) in [4.78, 5) is 24.2. The van der Waals surface area contributed by atoms with Crippen molar-refractivity contribution >= 4 is 17.3 Å². The van der Waals surface area contributed by atoms with Crippen molar-refractivity contribution in [2.75, 3.05) is 12.4 Å². The highest BCUT2D eigenvalue weighted by Gasteiger charge is 2.24. The first-order chi connectivity index (χ1) is 11.5. The molecule has 1 aliphatic rings. The number of rotatable bonds is 5. The number of benzene rings is 1. The predicted octanol–water partition coefficient (Wildman–Crippen LogP) is 3.21. The summed E-state index contributed by atoms with van der Waals surface area (Å²) in [5, 5.41) is 22.7. The van der Waals surface area contributed by atoms with E-state index in [1.807, 2.05) is 6.07 Å². The third-order valence-electron chi connectivity index (χ3n) is 4.25. The van der Waals surface area contributed by atoms with Crippen LogP contribution in [0.25, 0.3) is 0 Å². The zero-order valence-electron chi connectivity index (χ0n) is 13.6. The Kier molecular flexibility index (Phi) is 5.90. The average Bonchev–Trinajstić information content (AvgIpc) is 2.62. The van der Waals surface area contributed by atoms with Crippen molar-refractivity contribution in [1.29, 1.82) is 5.26 Å². The van der Waals surface area contributed by atoms with Crippen molar-refractivity contribution < 1.29 is 9.72 Å². The fourth-order valence-electron chi connectivity index (χ4n) is 2.80. The third kappa shape index (κ3) is 4.32. The number of nitriles is 1. The van der Waals surface area contributed by atoms with Crippen molar-refractivity contribution in [2.45, 2.75) is 38.1 Å². The minimum atomic E-state index is -0.483. The lowest BCUT2D eigenvalue weighted by Crippen LogP contribution is -2.39. The SMILES string of the molecule is CN(C(=O)/C(C#N)=C\Nc1ccc([N+](=O)[O-])cc1)C1CCCCC1. The molecule has 7 nitrogen and oxygen atoms in total. The van der Waals surface area contributed by atoms with Crippen LogP contribution in [0, 0.1) is 21.4 Å². The summed E-state index contributed by atoms with van der Waals surface area (Å²) >= 11 is 0. The average molecular weight is 328 g/mol. The van der Waals surface area contributed by atoms with Gasteiger partial charge in [-0.15, -0.1) is 0 Å². The fraction of sp³-hybridized carbons (Fsp3) is 0.412. The number of anilines is 1. The molecule has 0 unspecified atom stereocenters. The standard InChI is InChI=1S/C17H20N4O3/c1-20(15-5-3-2-4-6-15)17(22)13(11-18)12-19-14-7-9-16(10-8-14)21(23)24/h7-10,12,15,19H,2-6H2,1H3/b13-12-. The number of nitro groups is 1. The van der Waals surface area contributed by atoms with E-state index in [-0.39, 0.29) is 23.2 Å². The number of non-ortho nitro benzene ring substituents is 1. The monoisotopic (exact) mass is 328 g/mol. The smallest absolute Gasteiger partial charge is 0.269 e. The summed E-state index contributed by atoms with van der Waals surface area (Å²) in [6.45, 7) is 0. The molecule has 0 saturated heterocycles. The number of hydrogen-bond donors (Lipinski definition) is 1. The number of hydrogen-bond acceptors (Lipinski definition) is 5. The van der Waals surface area contributed by atoms with Gasteiger partial charge in [0, 0.05) is 37.1 Å². The minimum absolute atomic E-state index is 0.0152. The molecular formula is C17H20N4O3. The van der Waals surface area contributed by atoms with Crippen LogP contribution in [-0.2, 0) is 4.79 Å². The van der Waals surface area contributed by atoms with Crippen LogP contribution in [0.4, 0.5) is 11.4 Å². The van der Waals surface area contributed by atoms with Crippen molar-refractivity contribution in [1.82, 2.24) is 4.90 Å². The van der Waals surface area contributed by atoms with Crippen LogP contribution in [0.2, 0.25) is 0 Å². The van der Waals surface area contributed by atoms with Gasteiger partial charge in [0.05, 0.1) is 4.92 Å². The summed E-state index contributed by atoms with van der Waals surface area (Å²) < 4.78 is 0. The van der Waals surface area contributed by atoms with Gasteiger partial charge in [0.1, 0.15) is 11.6 Å². The predicted molar refractivity (Wildman–Crippen MR) is 90.1 cm³/mol. The molecule has 0 aromatic heterocycles. The third-order valence-corrected chi connectivity index (χ3v) is 4.25. The van der Waals surface area contributed by atoms with E-state index in [2.05, 4.69) is 5.32 Å². The molecule has 1 fully saturated rings. The lowest BCUT2D eigenvalue weighted by atomic mass is 9.94. The largest absolute Gasteiger partial charge is 0.360 e. The van der Waals surface area contributed by atoms with Gasteiger partial charge in [-0.3, -0.25) is 14.9 Å². The van der Waals surface area contributed by atoms with Crippen LogP contribution < -0.4 is 5.32 Å². The van der Waals surface area contributed by atoms with E-state index in [0.29, 0.717) is 5.69 Å². The van der Waals surface area contributed by atoms with Gasteiger partial charge >= 0.3 is 0 Å². The van der Waals surface area contributed by atoms with Crippen molar-refractivity contribution in [3.8, 4) is 6.07 Å². The first-order valence-electron chi connectivity index (χ1n) is 7.91. The van der Waals surface area contributed by atoms with Crippen molar-refractivity contribution in [3.63, 3.8) is 0 Å². The first-order valence-corrected chi connectivity index (χ1v) is 7.91. The summed E-state index contributed by atoms with van der Waals surface area (Å²) in [6, 6.07) is 7.88. The number of nitro benzene ring substituents is 1. The van der Waals surface area contributed by atoms with Crippen LogP contribution in [0.1, 0.15) is 32.1 Å². The molecule has 0 bridgehead atoms. The Morgan fingerprint density at radius 1 is 1.33 bits per heavy atom. The normalized spacial score (nSPS) is 15.4. The maximum atomic E-state index is 12.4. The van der Waals surface area contributed by atoms with Crippen molar-refractivity contribution in [3.05, 3.63) is 46.2 Å². The molecule has 1 aromatic rings. The quantitative estimate of drug-likeness (QED) is 0.387. The van der Waals surface area contributed by atoms with Crippen LogP contribution in [0.3, 0.4) is 0 Å². The van der Waals surface area contributed by atoms with E-state index in [1.165, 1.54) is 36.9 Å². The summed E-state index contributed by atoms with van der Waals surface area (Å²) in [7, 11) is 1.73. The van der Waals surface area contributed by atoms with E-state index in [9.17, 15) is 20.2 Å². The van der Waals surface area contributed by atoms with Gasteiger partial charge in [0.25, 0.3) is 11.6 Å². The summed E-state index contributed by atoms with van der Waals surface area (Å²) in [6.07, 6.45) is 6.70. The maximum absolute atomic E-state index is 12.4. The van der Waals surface area contributed by atoms with E-state index in [4.69, 9.17) is 0 Å². The highest BCUT2D eigenvalue weighted by atomic mass is 16.6. The van der Waals surface area contributed by atoms with Crippen LogP contribution >= 0.6 is 0 Å².